The maximum Gasteiger partial charge on any atom is 0.315 e. The molecule has 0 bridgehead atoms. The highest BCUT2D eigenvalue weighted by Gasteiger charge is 2.36. The molecule has 1 saturated carbocycles. The highest BCUT2D eigenvalue weighted by molar-refractivity contribution is 5.74. The zero-order chi connectivity index (χ0) is 17.7. The first-order valence-corrected chi connectivity index (χ1v) is 9.56. The summed E-state index contributed by atoms with van der Waals surface area (Å²) in [5.74, 6) is 0. The molecule has 2 amide bonds. The summed E-state index contributed by atoms with van der Waals surface area (Å²) in [5, 5.41) is 15.7. The van der Waals surface area contributed by atoms with Gasteiger partial charge in [0.15, 0.2) is 0 Å². The van der Waals surface area contributed by atoms with Crippen LogP contribution in [0.5, 0.6) is 0 Å². The van der Waals surface area contributed by atoms with Gasteiger partial charge in [0.05, 0.1) is 6.10 Å². The Hall–Kier alpha value is -1.59. The van der Waals surface area contributed by atoms with Gasteiger partial charge in [0.25, 0.3) is 0 Å². The van der Waals surface area contributed by atoms with E-state index < -0.39 is 0 Å². The minimum Gasteiger partial charge on any atom is -0.393 e. The van der Waals surface area contributed by atoms with E-state index in [0.717, 1.165) is 45.2 Å². The zero-order valence-corrected chi connectivity index (χ0v) is 15.2. The van der Waals surface area contributed by atoms with Crippen LogP contribution in [0.1, 0.15) is 51.0 Å². The number of carbonyl (C=O) groups excluding carboxylic acids is 1. The van der Waals surface area contributed by atoms with Gasteiger partial charge in [-0.25, -0.2) is 4.79 Å². The van der Waals surface area contributed by atoms with E-state index in [1.807, 2.05) is 6.07 Å². The van der Waals surface area contributed by atoms with Crippen molar-refractivity contribution in [3.05, 3.63) is 35.9 Å². The van der Waals surface area contributed by atoms with Crippen molar-refractivity contribution in [2.45, 2.75) is 69.7 Å². The van der Waals surface area contributed by atoms with Gasteiger partial charge < -0.3 is 15.7 Å². The van der Waals surface area contributed by atoms with Crippen molar-refractivity contribution in [3.63, 3.8) is 0 Å². The minimum absolute atomic E-state index is 0.00986. The number of hydrogen-bond donors (Lipinski definition) is 3. The van der Waals surface area contributed by atoms with Gasteiger partial charge in [-0.2, -0.15) is 0 Å². The van der Waals surface area contributed by atoms with Gasteiger partial charge in [-0.15, -0.1) is 0 Å². The molecule has 3 rings (SSSR count). The number of amides is 2. The van der Waals surface area contributed by atoms with Gasteiger partial charge in [0, 0.05) is 24.7 Å². The average Bonchev–Trinajstić information content (AvgIpc) is 2.97. The Balaban J connectivity index is 1.48. The average molecular weight is 345 g/mol. The predicted octanol–water partition coefficient (Wildman–Crippen LogP) is 2.64. The Kier molecular flexibility index (Phi) is 5.97. The lowest BCUT2D eigenvalue weighted by Gasteiger charge is -2.36. The molecule has 2 aliphatic rings. The largest absolute Gasteiger partial charge is 0.393 e. The van der Waals surface area contributed by atoms with Crippen molar-refractivity contribution in [1.82, 2.24) is 15.5 Å². The molecule has 1 aliphatic carbocycles. The van der Waals surface area contributed by atoms with Crippen LogP contribution in [0, 0.1) is 0 Å². The van der Waals surface area contributed by atoms with Gasteiger partial charge in [-0.3, -0.25) is 4.90 Å². The summed E-state index contributed by atoms with van der Waals surface area (Å²) in [7, 11) is 0. The molecule has 0 aromatic heterocycles. The van der Waals surface area contributed by atoms with Crippen molar-refractivity contribution >= 4 is 6.03 Å². The summed E-state index contributed by atoms with van der Waals surface area (Å²) in [6.45, 7) is 4.93. The third-order valence-corrected chi connectivity index (χ3v) is 5.78. The van der Waals surface area contributed by atoms with E-state index in [9.17, 15) is 9.90 Å². The highest BCUT2D eigenvalue weighted by atomic mass is 16.3. The Morgan fingerprint density at radius 1 is 1.24 bits per heavy atom. The maximum absolute atomic E-state index is 12.3. The highest BCUT2D eigenvalue weighted by Crippen LogP contribution is 2.30. The number of nitrogens with one attached hydrogen (secondary N) is 2. The van der Waals surface area contributed by atoms with Crippen LogP contribution in [-0.2, 0) is 6.54 Å². The number of urea groups is 1. The SMILES string of the molecule is C[C@@]1(CNC(=O)NC2CCC(O)CC2)CCCN1Cc1ccccc1. The Labute approximate surface area is 150 Å². The van der Waals surface area contributed by atoms with E-state index in [1.54, 1.807) is 0 Å². The number of aliphatic hydroxyl groups is 1. The molecular weight excluding hydrogens is 314 g/mol. The molecule has 1 aromatic rings. The molecule has 3 N–H and O–H groups in total. The second-order valence-electron chi connectivity index (χ2n) is 7.84. The van der Waals surface area contributed by atoms with Crippen LogP contribution in [0.2, 0.25) is 0 Å². The summed E-state index contributed by atoms with van der Waals surface area (Å²) in [4.78, 5) is 14.7. The molecule has 5 nitrogen and oxygen atoms in total. The molecule has 2 fully saturated rings. The van der Waals surface area contributed by atoms with Gasteiger partial charge in [0.1, 0.15) is 0 Å². The summed E-state index contributed by atoms with van der Waals surface area (Å²) in [6, 6.07) is 10.6. The fourth-order valence-corrected chi connectivity index (χ4v) is 4.08. The van der Waals surface area contributed by atoms with E-state index in [1.165, 1.54) is 12.0 Å². The lowest BCUT2D eigenvalue weighted by molar-refractivity contribution is 0.116. The molecule has 1 aliphatic heterocycles. The van der Waals surface area contributed by atoms with Crippen molar-refractivity contribution < 1.29 is 9.90 Å². The molecule has 25 heavy (non-hydrogen) atoms. The summed E-state index contributed by atoms with van der Waals surface area (Å²) < 4.78 is 0. The normalized spacial score (nSPS) is 30.2. The summed E-state index contributed by atoms with van der Waals surface area (Å²) in [6.07, 6.45) is 5.40. The van der Waals surface area contributed by atoms with E-state index in [0.29, 0.717) is 6.54 Å². The fraction of sp³-hybridized carbons (Fsp3) is 0.650. The summed E-state index contributed by atoms with van der Waals surface area (Å²) >= 11 is 0. The number of hydrogen-bond acceptors (Lipinski definition) is 3. The van der Waals surface area contributed by atoms with E-state index in [4.69, 9.17) is 0 Å². The molecule has 1 aromatic carbocycles. The quantitative estimate of drug-likeness (QED) is 0.769. The molecule has 5 heteroatoms. The standard InChI is InChI=1S/C20H31N3O2/c1-20(12-5-13-23(20)14-16-6-3-2-4-7-16)15-21-19(25)22-17-8-10-18(24)11-9-17/h2-4,6-7,17-18,24H,5,8-15H2,1H3,(H2,21,22,25)/t17?,18?,20-/m0/s1. The lowest BCUT2D eigenvalue weighted by atomic mass is 9.93. The molecule has 1 atom stereocenters. The van der Waals surface area contributed by atoms with Crippen LogP contribution in [0.15, 0.2) is 30.3 Å². The topological polar surface area (TPSA) is 64.6 Å². The predicted molar refractivity (Wildman–Crippen MR) is 99.3 cm³/mol. The molecule has 0 spiro atoms. The zero-order valence-electron chi connectivity index (χ0n) is 15.2. The molecule has 138 valence electrons. The number of benzene rings is 1. The first kappa shape index (κ1) is 18.2. The van der Waals surface area contributed by atoms with Crippen LogP contribution in [-0.4, -0.2) is 46.8 Å². The Morgan fingerprint density at radius 3 is 2.68 bits per heavy atom. The van der Waals surface area contributed by atoms with Gasteiger partial charge in [-0.1, -0.05) is 30.3 Å². The number of likely N-dealkylation sites (tertiary alicyclic amines) is 1. The first-order valence-electron chi connectivity index (χ1n) is 9.56. The first-order chi connectivity index (χ1) is 12.0. The van der Waals surface area contributed by atoms with Crippen LogP contribution in [0.25, 0.3) is 0 Å². The maximum atomic E-state index is 12.3. The molecule has 0 radical (unpaired) electrons. The molecule has 0 unspecified atom stereocenters. The van der Waals surface area contributed by atoms with Crippen molar-refractivity contribution in [3.8, 4) is 0 Å². The molecule has 1 saturated heterocycles. The summed E-state index contributed by atoms with van der Waals surface area (Å²) in [5.41, 5.74) is 1.33. The van der Waals surface area contributed by atoms with Gasteiger partial charge >= 0.3 is 6.03 Å². The van der Waals surface area contributed by atoms with E-state index in [-0.39, 0.29) is 23.7 Å². The van der Waals surface area contributed by atoms with Crippen molar-refractivity contribution in [1.29, 1.82) is 0 Å². The lowest BCUT2D eigenvalue weighted by Crippen LogP contribution is -2.53. The van der Waals surface area contributed by atoms with Crippen molar-refractivity contribution in [2.24, 2.45) is 0 Å². The number of nitrogens with zero attached hydrogens (tertiary/aromatic N) is 1. The number of carbonyl (C=O) groups is 1. The second kappa shape index (κ2) is 8.19. The molecular formula is C20H31N3O2. The number of rotatable bonds is 5. The van der Waals surface area contributed by atoms with Crippen LogP contribution < -0.4 is 10.6 Å². The van der Waals surface area contributed by atoms with Crippen LogP contribution in [0.3, 0.4) is 0 Å². The van der Waals surface area contributed by atoms with Crippen LogP contribution in [0.4, 0.5) is 4.79 Å². The smallest absolute Gasteiger partial charge is 0.315 e. The number of aliphatic hydroxyl groups excluding tert-OH is 1. The Morgan fingerprint density at radius 2 is 1.96 bits per heavy atom. The molecule has 1 heterocycles. The van der Waals surface area contributed by atoms with Crippen molar-refractivity contribution in [2.75, 3.05) is 13.1 Å². The third-order valence-electron chi connectivity index (χ3n) is 5.78. The van der Waals surface area contributed by atoms with Gasteiger partial charge in [0.2, 0.25) is 0 Å². The monoisotopic (exact) mass is 345 g/mol. The third kappa shape index (κ3) is 4.95. The minimum atomic E-state index is -0.190. The second-order valence-corrected chi connectivity index (χ2v) is 7.84. The van der Waals surface area contributed by atoms with Gasteiger partial charge in [-0.05, 0) is 57.6 Å². The van der Waals surface area contributed by atoms with E-state index in [2.05, 4.69) is 46.7 Å². The Bertz CT molecular complexity index is 557. The fourth-order valence-electron chi connectivity index (χ4n) is 4.08. The van der Waals surface area contributed by atoms with Crippen LogP contribution >= 0.6 is 0 Å². The van der Waals surface area contributed by atoms with E-state index >= 15 is 0 Å².